The number of hydrazine groups is 1. The summed E-state index contributed by atoms with van der Waals surface area (Å²) in [6, 6.07) is 8.43. The van der Waals surface area contributed by atoms with E-state index in [1.807, 2.05) is 5.38 Å². The molecule has 1 heterocycles. The van der Waals surface area contributed by atoms with Gasteiger partial charge in [0, 0.05) is 18.8 Å². The van der Waals surface area contributed by atoms with Crippen LogP contribution in [0.25, 0.3) is 0 Å². The molecule has 1 aromatic heterocycles. The average Bonchev–Trinajstić information content (AvgIpc) is 3.04. The molecule has 1 amide bonds. The summed E-state index contributed by atoms with van der Waals surface area (Å²) < 4.78 is 4.92. The first-order chi connectivity index (χ1) is 12.0. The van der Waals surface area contributed by atoms with Crippen LogP contribution >= 0.6 is 23.6 Å². The van der Waals surface area contributed by atoms with Crippen LogP contribution in [0.3, 0.4) is 0 Å². The van der Waals surface area contributed by atoms with Crippen molar-refractivity contribution in [2.75, 3.05) is 19.0 Å². The Morgan fingerprint density at radius 2 is 1.92 bits per heavy atom. The summed E-state index contributed by atoms with van der Waals surface area (Å²) in [5.74, 6) is 5.69. The number of benzene rings is 1. The minimum Gasteiger partial charge on any atom is -0.473 e. The fourth-order valence-electron chi connectivity index (χ4n) is 2.23. The van der Waals surface area contributed by atoms with Crippen LogP contribution in [0.1, 0.15) is 23.7 Å². The van der Waals surface area contributed by atoms with E-state index in [0.717, 1.165) is 25.0 Å². The first-order valence-electron chi connectivity index (χ1n) is 7.88. The van der Waals surface area contributed by atoms with Gasteiger partial charge in [-0.2, -0.15) is 0 Å². The molecular weight excluding hydrogens is 356 g/mol. The maximum atomic E-state index is 11.0. The number of carbonyl (C=O) groups is 1. The van der Waals surface area contributed by atoms with Gasteiger partial charge in [0.1, 0.15) is 0 Å². The quantitative estimate of drug-likeness (QED) is 0.438. The van der Waals surface area contributed by atoms with Crippen molar-refractivity contribution >= 4 is 39.8 Å². The predicted molar refractivity (Wildman–Crippen MR) is 104 cm³/mol. The Kier molecular flexibility index (Phi) is 7.30. The van der Waals surface area contributed by atoms with Crippen LogP contribution in [-0.4, -0.2) is 34.7 Å². The fourth-order valence-corrected chi connectivity index (χ4v) is 3.12. The molecule has 0 bridgehead atoms. The number of carbonyl (C=O) groups excluding carboxylic acids is 1. The third-order valence-corrected chi connectivity index (χ3v) is 4.79. The number of nitrogens with one attached hydrogen (secondary N) is 1. The number of amides is 1. The van der Waals surface area contributed by atoms with E-state index in [1.54, 1.807) is 0 Å². The van der Waals surface area contributed by atoms with Gasteiger partial charge in [0.05, 0.1) is 12.8 Å². The molecule has 0 fully saturated rings. The standard InChI is InChI=1S/C17H22N4O2S2/c1-12(22)19-16-20-15(11-25-16)8-7-13-3-5-14(6-4-13)9-10-21(18)17(24)23-2/h3-6,11H,7-10,18H2,1-2H3,(H,19,20,22). The second-order valence-corrected chi connectivity index (χ2v) is 6.76. The number of anilines is 1. The molecule has 0 saturated carbocycles. The van der Waals surface area contributed by atoms with Crippen molar-refractivity contribution in [3.8, 4) is 0 Å². The molecule has 0 aliphatic carbocycles. The Bertz CT molecular complexity index is 716. The molecular formula is C17H22N4O2S2. The first-order valence-corrected chi connectivity index (χ1v) is 9.16. The number of hydrogen-bond acceptors (Lipinski definition) is 6. The van der Waals surface area contributed by atoms with Crippen LogP contribution < -0.4 is 11.2 Å². The Hall–Kier alpha value is -2.03. The van der Waals surface area contributed by atoms with Crippen molar-refractivity contribution in [2.24, 2.45) is 5.84 Å². The molecule has 6 nitrogen and oxygen atoms in total. The van der Waals surface area contributed by atoms with E-state index < -0.39 is 0 Å². The highest BCUT2D eigenvalue weighted by Gasteiger charge is 2.06. The van der Waals surface area contributed by atoms with Crippen molar-refractivity contribution in [1.82, 2.24) is 9.99 Å². The van der Waals surface area contributed by atoms with Crippen molar-refractivity contribution in [1.29, 1.82) is 0 Å². The molecule has 0 aliphatic heterocycles. The zero-order valence-corrected chi connectivity index (χ0v) is 16.0. The monoisotopic (exact) mass is 378 g/mol. The topological polar surface area (TPSA) is 80.5 Å². The van der Waals surface area contributed by atoms with Crippen molar-refractivity contribution in [3.05, 3.63) is 46.5 Å². The van der Waals surface area contributed by atoms with Crippen LogP contribution in [-0.2, 0) is 28.8 Å². The Morgan fingerprint density at radius 1 is 1.28 bits per heavy atom. The summed E-state index contributed by atoms with van der Waals surface area (Å²) >= 11 is 6.42. The number of nitrogens with two attached hydrogens (primary N) is 1. The van der Waals surface area contributed by atoms with Gasteiger partial charge < -0.3 is 10.1 Å². The molecule has 134 valence electrons. The lowest BCUT2D eigenvalue weighted by atomic mass is 10.0. The van der Waals surface area contributed by atoms with Crippen molar-refractivity contribution < 1.29 is 9.53 Å². The summed E-state index contributed by atoms with van der Waals surface area (Å²) in [4.78, 5) is 15.4. The lowest BCUT2D eigenvalue weighted by Gasteiger charge is -2.17. The summed E-state index contributed by atoms with van der Waals surface area (Å²) in [6.07, 6.45) is 2.54. The number of aromatic nitrogens is 1. The second kappa shape index (κ2) is 9.45. The van der Waals surface area contributed by atoms with Crippen LogP contribution in [0.4, 0.5) is 5.13 Å². The van der Waals surface area contributed by atoms with Crippen molar-refractivity contribution in [3.63, 3.8) is 0 Å². The minimum absolute atomic E-state index is 0.0983. The summed E-state index contributed by atoms with van der Waals surface area (Å²) in [7, 11) is 1.51. The highest BCUT2D eigenvalue weighted by molar-refractivity contribution is 7.79. The van der Waals surface area contributed by atoms with Gasteiger partial charge in [0.25, 0.3) is 5.17 Å². The van der Waals surface area contributed by atoms with Crippen LogP contribution in [0.15, 0.2) is 29.6 Å². The van der Waals surface area contributed by atoms with E-state index in [4.69, 9.17) is 22.8 Å². The molecule has 25 heavy (non-hydrogen) atoms. The maximum Gasteiger partial charge on any atom is 0.273 e. The van der Waals surface area contributed by atoms with Crippen LogP contribution in [0.2, 0.25) is 0 Å². The van der Waals surface area contributed by atoms with E-state index in [1.165, 1.54) is 41.5 Å². The fraction of sp³-hybridized carbons (Fsp3) is 0.353. The normalized spacial score (nSPS) is 10.4. The number of methoxy groups -OCH3 is 1. The van der Waals surface area contributed by atoms with E-state index in [9.17, 15) is 4.79 Å². The maximum absolute atomic E-state index is 11.0. The van der Waals surface area contributed by atoms with E-state index in [0.29, 0.717) is 16.9 Å². The lowest BCUT2D eigenvalue weighted by Crippen LogP contribution is -2.38. The molecule has 0 spiro atoms. The smallest absolute Gasteiger partial charge is 0.273 e. The number of nitrogens with zero attached hydrogens (tertiary/aromatic N) is 2. The van der Waals surface area contributed by atoms with Gasteiger partial charge in [0.15, 0.2) is 5.13 Å². The Labute approximate surface area is 157 Å². The number of thiocarbonyl (C=S) groups is 1. The largest absolute Gasteiger partial charge is 0.473 e. The molecule has 3 N–H and O–H groups in total. The highest BCUT2D eigenvalue weighted by atomic mass is 32.1. The predicted octanol–water partition coefficient (Wildman–Crippen LogP) is 2.54. The van der Waals surface area contributed by atoms with E-state index >= 15 is 0 Å². The molecule has 0 radical (unpaired) electrons. The number of rotatable bonds is 7. The summed E-state index contributed by atoms with van der Waals surface area (Å²) in [6.45, 7) is 2.09. The van der Waals surface area contributed by atoms with E-state index in [-0.39, 0.29) is 5.91 Å². The lowest BCUT2D eigenvalue weighted by molar-refractivity contribution is -0.114. The van der Waals surface area contributed by atoms with Gasteiger partial charge in [0.2, 0.25) is 5.91 Å². The summed E-state index contributed by atoms with van der Waals surface area (Å²) in [5.41, 5.74) is 3.43. The number of aryl methyl sites for hydroxylation is 2. The summed E-state index contributed by atoms with van der Waals surface area (Å²) in [5, 5.41) is 7.05. The van der Waals surface area contributed by atoms with Crippen LogP contribution in [0, 0.1) is 0 Å². The Balaban J connectivity index is 1.81. The van der Waals surface area contributed by atoms with E-state index in [2.05, 4.69) is 34.6 Å². The zero-order valence-electron chi connectivity index (χ0n) is 14.3. The molecule has 2 aromatic rings. The average molecular weight is 379 g/mol. The molecule has 1 aromatic carbocycles. The van der Waals surface area contributed by atoms with Gasteiger partial charge in [-0.15, -0.1) is 11.3 Å². The SMILES string of the molecule is COC(=S)N(N)CCc1ccc(CCc2csc(NC(C)=O)n2)cc1. The van der Waals surface area contributed by atoms with Gasteiger partial charge in [-0.1, -0.05) is 24.3 Å². The van der Waals surface area contributed by atoms with Gasteiger partial charge >= 0.3 is 0 Å². The third kappa shape index (κ3) is 6.41. The molecule has 0 aliphatic rings. The number of hydrogen-bond donors (Lipinski definition) is 2. The van der Waals surface area contributed by atoms with Crippen LogP contribution in [0.5, 0.6) is 0 Å². The molecule has 0 saturated heterocycles. The second-order valence-electron chi connectivity index (χ2n) is 5.56. The Morgan fingerprint density at radius 3 is 2.52 bits per heavy atom. The number of thiazole rings is 1. The number of ether oxygens (including phenoxy) is 1. The molecule has 2 rings (SSSR count). The molecule has 8 heteroatoms. The molecule has 0 unspecified atom stereocenters. The van der Waals surface area contributed by atoms with Gasteiger partial charge in [-0.25, -0.2) is 10.8 Å². The van der Waals surface area contributed by atoms with Crippen molar-refractivity contribution in [2.45, 2.75) is 26.2 Å². The third-order valence-electron chi connectivity index (χ3n) is 3.58. The van der Waals surface area contributed by atoms with Gasteiger partial charge in [-0.05, 0) is 42.6 Å². The minimum atomic E-state index is -0.0983. The van der Waals surface area contributed by atoms with Gasteiger partial charge in [-0.3, -0.25) is 9.80 Å². The highest BCUT2D eigenvalue weighted by Crippen LogP contribution is 2.17. The molecule has 0 atom stereocenters. The zero-order chi connectivity index (χ0) is 18.2. The first kappa shape index (κ1) is 19.3.